The molecule has 0 fully saturated rings. The van der Waals surface area contributed by atoms with Gasteiger partial charge >= 0.3 is 0 Å². The van der Waals surface area contributed by atoms with Crippen molar-refractivity contribution in [3.8, 4) is 6.07 Å². The number of nitrogens with zero attached hydrogens (tertiary/aromatic N) is 3. The zero-order valence-electron chi connectivity index (χ0n) is 7.35. The van der Waals surface area contributed by atoms with E-state index in [0.29, 0.717) is 15.4 Å². The van der Waals surface area contributed by atoms with Gasteiger partial charge in [0, 0.05) is 10.5 Å². The third-order valence-corrected chi connectivity index (χ3v) is 3.81. The molecule has 1 aromatic carbocycles. The van der Waals surface area contributed by atoms with Crippen LogP contribution in [-0.4, -0.2) is 4.37 Å². The van der Waals surface area contributed by atoms with Gasteiger partial charge in [-0.25, -0.2) is 4.99 Å². The highest BCUT2D eigenvalue weighted by molar-refractivity contribution is 7.66. The fourth-order valence-corrected chi connectivity index (χ4v) is 2.94. The molecule has 0 aliphatic rings. The smallest absolute Gasteiger partial charge is 0.179 e. The van der Waals surface area contributed by atoms with E-state index in [0.717, 1.165) is 5.69 Å². The fourth-order valence-electron chi connectivity index (χ4n) is 0.953. The van der Waals surface area contributed by atoms with E-state index in [-0.39, 0.29) is 0 Å². The predicted molar refractivity (Wildman–Crippen MR) is 61.4 cm³/mol. The van der Waals surface area contributed by atoms with E-state index >= 15 is 0 Å². The molecule has 1 aromatic heterocycles. The van der Waals surface area contributed by atoms with E-state index in [9.17, 15) is 0 Å². The Bertz CT molecular complexity index is 562. The van der Waals surface area contributed by atoms with Crippen LogP contribution in [-0.2, 0) is 0 Å². The minimum Gasteiger partial charge on any atom is -0.234 e. The summed E-state index contributed by atoms with van der Waals surface area (Å²) in [5.74, 6) is 0. The van der Waals surface area contributed by atoms with Gasteiger partial charge < -0.3 is 0 Å². The van der Waals surface area contributed by atoms with Crippen LogP contribution in [0.3, 0.4) is 0 Å². The molecule has 3 nitrogen and oxygen atoms in total. The summed E-state index contributed by atoms with van der Waals surface area (Å²) in [6.45, 7) is 0. The minimum absolute atomic E-state index is 0.425. The Hall–Kier alpha value is -1.22. The van der Waals surface area contributed by atoms with Crippen molar-refractivity contribution in [2.24, 2.45) is 4.99 Å². The lowest BCUT2D eigenvalue weighted by Gasteiger charge is -1.91. The van der Waals surface area contributed by atoms with Crippen LogP contribution in [0.5, 0.6) is 0 Å². The van der Waals surface area contributed by atoms with E-state index < -0.39 is 0 Å². The molecule has 0 N–H and O–H groups in total. The standard InChI is InChI=1S/C9H4ClN3S2/c10-8-9(14-15-13-8)12-7-3-1-6(5-11)2-4-7/h1-4H. The maximum Gasteiger partial charge on any atom is 0.179 e. The normalized spacial score (nSPS) is 11.3. The molecule has 15 heavy (non-hydrogen) atoms. The van der Waals surface area contributed by atoms with Gasteiger partial charge in [0.25, 0.3) is 0 Å². The topological polar surface area (TPSA) is 49.0 Å². The van der Waals surface area contributed by atoms with Crippen molar-refractivity contribution >= 4 is 38.2 Å². The molecule has 0 spiro atoms. The molecule has 0 amide bonds. The van der Waals surface area contributed by atoms with Gasteiger partial charge in [0.05, 0.1) is 17.3 Å². The molecule has 2 aromatic rings. The highest BCUT2D eigenvalue weighted by atomic mass is 35.5. The zero-order chi connectivity index (χ0) is 10.7. The second-order valence-corrected chi connectivity index (χ2v) is 4.81. The molecule has 0 aliphatic heterocycles. The Morgan fingerprint density at radius 3 is 2.60 bits per heavy atom. The highest BCUT2D eigenvalue weighted by Gasteiger charge is 1.97. The Kier molecular flexibility index (Phi) is 3.11. The number of benzene rings is 1. The maximum atomic E-state index is 8.62. The molecule has 1 heterocycles. The number of rotatable bonds is 1. The lowest BCUT2D eigenvalue weighted by atomic mass is 10.2. The molecule has 0 saturated carbocycles. The molecule has 0 bridgehead atoms. The molecule has 74 valence electrons. The molecular weight excluding hydrogens is 250 g/mol. The minimum atomic E-state index is 0.425. The average Bonchev–Trinajstić information content (AvgIpc) is 2.66. The maximum absolute atomic E-state index is 8.62. The van der Waals surface area contributed by atoms with Gasteiger partial charge in [0.2, 0.25) is 0 Å². The van der Waals surface area contributed by atoms with Crippen LogP contribution < -0.4 is 4.67 Å². The van der Waals surface area contributed by atoms with Crippen molar-refractivity contribution < 1.29 is 0 Å². The largest absolute Gasteiger partial charge is 0.234 e. The Morgan fingerprint density at radius 1 is 1.33 bits per heavy atom. The summed E-state index contributed by atoms with van der Waals surface area (Å²) in [4.78, 5) is 4.30. The predicted octanol–water partition coefficient (Wildman–Crippen LogP) is 2.96. The van der Waals surface area contributed by atoms with Gasteiger partial charge in [0.1, 0.15) is 0 Å². The number of halogens is 1. The summed E-state index contributed by atoms with van der Waals surface area (Å²) in [5, 5.41) is 9.05. The molecule has 2 rings (SSSR count). The first kappa shape index (κ1) is 10.3. The van der Waals surface area contributed by atoms with Crippen molar-refractivity contribution in [2.75, 3.05) is 0 Å². The summed E-state index contributed by atoms with van der Waals surface area (Å²) in [6.07, 6.45) is 0. The van der Waals surface area contributed by atoms with Gasteiger partial charge in [-0.1, -0.05) is 11.6 Å². The number of aromatic nitrogens is 1. The number of hydrogen-bond acceptors (Lipinski definition) is 5. The van der Waals surface area contributed by atoms with Crippen molar-refractivity contribution in [1.82, 2.24) is 4.37 Å². The Labute approximate surface area is 98.5 Å². The summed E-state index contributed by atoms with van der Waals surface area (Å²) in [5.41, 5.74) is 1.39. The van der Waals surface area contributed by atoms with Crippen molar-refractivity contribution in [1.29, 1.82) is 5.26 Å². The van der Waals surface area contributed by atoms with Gasteiger partial charge in [-0.2, -0.15) is 9.64 Å². The second-order valence-electron chi connectivity index (χ2n) is 2.62. The van der Waals surface area contributed by atoms with Crippen molar-refractivity contribution in [3.05, 3.63) is 39.7 Å². The van der Waals surface area contributed by atoms with Crippen LogP contribution in [0.4, 0.5) is 5.69 Å². The Morgan fingerprint density at radius 2 is 2.07 bits per heavy atom. The summed E-state index contributed by atoms with van der Waals surface area (Å²) >= 11 is 5.81. The van der Waals surface area contributed by atoms with E-state index in [1.807, 2.05) is 6.07 Å². The molecule has 0 unspecified atom stereocenters. The van der Waals surface area contributed by atoms with Gasteiger partial charge in [-0.3, -0.25) is 0 Å². The lowest BCUT2D eigenvalue weighted by Crippen LogP contribution is -1.92. The lowest BCUT2D eigenvalue weighted by molar-refractivity contribution is 1.37. The molecular formula is C9H4ClN3S2. The summed E-state index contributed by atoms with van der Waals surface area (Å²) in [7, 11) is 2.73. The number of nitriles is 1. The molecule has 0 atom stereocenters. The summed E-state index contributed by atoms with van der Waals surface area (Å²) in [6, 6.07) is 9.04. The van der Waals surface area contributed by atoms with Crippen LogP contribution in [0.15, 0.2) is 29.3 Å². The van der Waals surface area contributed by atoms with Crippen LogP contribution >= 0.6 is 32.5 Å². The number of hydrogen-bond donors (Lipinski definition) is 0. The van der Waals surface area contributed by atoms with E-state index in [2.05, 4.69) is 9.37 Å². The molecule has 6 heteroatoms. The summed E-state index contributed by atoms with van der Waals surface area (Å²) < 4.78 is 4.63. The van der Waals surface area contributed by atoms with Crippen LogP contribution in [0, 0.1) is 11.3 Å². The second kappa shape index (κ2) is 4.53. The average molecular weight is 254 g/mol. The molecule has 0 saturated heterocycles. The van der Waals surface area contributed by atoms with Crippen LogP contribution in [0.1, 0.15) is 5.56 Å². The monoisotopic (exact) mass is 253 g/mol. The van der Waals surface area contributed by atoms with Crippen LogP contribution in [0.25, 0.3) is 0 Å². The van der Waals surface area contributed by atoms with Crippen LogP contribution in [0.2, 0.25) is 5.15 Å². The first-order valence-electron chi connectivity index (χ1n) is 3.96. The van der Waals surface area contributed by atoms with Gasteiger partial charge in [-0.15, -0.1) is 0 Å². The van der Waals surface area contributed by atoms with Crippen molar-refractivity contribution in [3.63, 3.8) is 0 Å². The fraction of sp³-hybridized carbons (Fsp3) is 0. The van der Waals surface area contributed by atoms with E-state index in [1.54, 1.807) is 24.3 Å². The quantitative estimate of drug-likeness (QED) is 0.734. The SMILES string of the molecule is N#Cc1ccc(N=c2ssnc2Cl)cc1. The molecule has 0 radical (unpaired) electrons. The first-order chi connectivity index (χ1) is 7.29. The third-order valence-electron chi connectivity index (χ3n) is 1.64. The van der Waals surface area contributed by atoms with E-state index in [4.69, 9.17) is 16.9 Å². The van der Waals surface area contributed by atoms with E-state index in [1.165, 1.54) is 20.9 Å². The highest BCUT2D eigenvalue weighted by Crippen LogP contribution is 2.14. The first-order valence-corrected chi connectivity index (χ1v) is 6.44. The molecule has 0 aliphatic carbocycles. The third kappa shape index (κ3) is 2.42. The van der Waals surface area contributed by atoms with Gasteiger partial charge in [-0.05, 0) is 34.6 Å². The Balaban J connectivity index is 2.41. The van der Waals surface area contributed by atoms with Gasteiger partial charge in [0.15, 0.2) is 9.82 Å². The van der Waals surface area contributed by atoms with Crippen molar-refractivity contribution in [2.45, 2.75) is 0 Å². The zero-order valence-corrected chi connectivity index (χ0v) is 9.73.